The van der Waals surface area contributed by atoms with E-state index in [1.54, 1.807) is 0 Å². The predicted octanol–water partition coefficient (Wildman–Crippen LogP) is 2.21. The van der Waals surface area contributed by atoms with Gasteiger partial charge >= 0.3 is 12.1 Å². The van der Waals surface area contributed by atoms with Crippen molar-refractivity contribution in [1.29, 1.82) is 0 Å². The molecule has 0 aliphatic carbocycles. The molecule has 0 bridgehead atoms. The second-order valence-electron chi connectivity index (χ2n) is 4.54. The topological polar surface area (TPSA) is 78.9 Å². The van der Waals surface area contributed by atoms with Gasteiger partial charge in [-0.05, 0) is 19.1 Å². The van der Waals surface area contributed by atoms with Crippen LogP contribution in [-0.2, 0) is 14.6 Å². The third-order valence-electron chi connectivity index (χ3n) is 2.84. The average Bonchev–Trinajstić information content (AvgIpc) is 2.43. The van der Waals surface area contributed by atoms with E-state index in [1.165, 1.54) is 0 Å². The smallest absolute Gasteiger partial charge is 0.425 e. The first-order valence-corrected chi connectivity index (χ1v) is 8.05. The Bertz CT molecular complexity index is 696. The van der Waals surface area contributed by atoms with Crippen molar-refractivity contribution in [1.82, 2.24) is 0 Å². The van der Waals surface area contributed by atoms with E-state index >= 15 is 0 Å². The molecule has 1 atom stereocenters. The van der Waals surface area contributed by atoms with Crippen LogP contribution in [0.15, 0.2) is 17.0 Å². The zero-order valence-corrected chi connectivity index (χ0v) is 13.5. The van der Waals surface area contributed by atoms with E-state index in [1.807, 2.05) is 0 Å². The molecule has 0 aliphatic heterocycles. The molecule has 0 N–H and O–H groups in total. The lowest BCUT2D eigenvalue weighted by Gasteiger charge is -2.21. The second kappa shape index (κ2) is 6.65. The number of benzene rings is 1. The Balaban J connectivity index is 3.57. The highest BCUT2D eigenvalue weighted by atomic mass is 32.2. The Morgan fingerprint density at radius 2 is 1.78 bits per heavy atom. The molecule has 1 rings (SSSR count). The maximum absolute atomic E-state index is 12.6. The molecule has 0 aromatic heterocycles. The van der Waals surface area contributed by atoms with E-state index in [2.05, 4.69) is 4.74 Å². The number of sulfone groups is 1. The first kappa shape index (κ1) is 19.1. The van der Waals surface area contributed by atoms with Crippen molar-refractivity contribution in [2.75, 3.05) is 20.5 Å². The standard InChI is InChI=1S/C13H15F3O6S/c1-7(13(14,15)16)22-8-5-6-9(23(4,18)19)11(20-2)10(8)12(17)21-3/h5-7H,1-4H3. The van der Waals surface area contributed by atoms with Crippen molar-refractivity contribution in [2.24, 2.45) is 0 Å². The summed E-state index contributed by atoms with van der Waals surface area (Å²) in [6.07, 6.45) is -6.03. The minimum atomic E-state index is -4.67. The Morgan fingerprint density at radius 1 is 1.22 bits per heavy atom. The van der Waals surface area contributed by atoms with Crippen molar-refractivity contribution < 1.29 is 40.6 Å². The highest BCUT2D eigenvalue weighted by Gasteiger charge is 2.39. The summed E-state index contributed by atoms with van der Waals surface area (Å²) in [7, 11) is -1.73. The van der Waals surface area contributed by atoms with Crippen LogP contribution in [0.25, 0.3) is 0 Å². The quantitative estimate of drug-likeness (QED) is 0.753. The highest BCUT2D eigenvalue weighted by Crippen LogP contribution is 2.37. The Morgan fingerprint density at radius 3 is 2.17 bits per heavy atom. The van der Waals surface area contributed by atoms with Crippen molar-refractivity contribution in [3.8, 4) is 11.5 Å². The number of esters is 1. The molecule has 130 valence electrons. The zero-order valence-electron chi connectivity index (χ0n) is 12.7. The fourth-order valence-corrected chi connectivity index (χ4v) is 2.53. The van der Waals surface area contributed by atoms with Crippen LogP contribution in [0.3, 0.4) is 0 Å². The maximum atomic E-state index is 12.6. The summed E-state index contributed by atoms with van der Waals surface area (Å²) in [5.74, 6) is -2.02. The van der Waals surface area contributed by atoms with Gasteiger partial charge in [-0.1, -0.05) is 0 Å². The molecule has 23 heavy (non-hydrogen) atoms. The van der Waals surface area contributed by atoms with Crippen molar-refractivity contribution in [2.45, 2.75) is 24.1 Å². The van der Waals surface area contributed by atoms with Gasteiger partial charge in [-0.2, -0.15) is 13.2 Å². The van der Waals surface area contributed by atoms with E-state index in [4.69, 9.17) is 9.47 Å². The average molecular weight is 356 g/mol. The summed E-state index contributed by atoms with van der Waals surface area (Å²) in [4.78, 5) is 11.5. The number of alkyl halides is 3. The summed E-state index contributed by atoms with van der Waals surface area (Å²) in [5.41, 5.74) is -0.533. The van der Waals surface area contributed by atoms with Crippen LogP contribution in [-0.4, -0.2) is 47.1 Å². The van der Waals surface area contributed by atoms with Gasteiger partial charge < -0.3 is 14.2 Å². The van der Waals surface area contributed by atoms with Crippen LogP contribution in [0.2, 0.25) is 0 Å². The Labute approximate surface area is 131 Å². The van der Waals surface area contributed by atoms with Gasteiger partial charge in [0.15, 0.2) is 21.7 Å². The molecule has 0 saturated heterocycles. The zero-order chi connectivity index (χ0) is 18.0. The molecule has 1 aromatic rings. The SMILES string of the molecule is COC(=O)c1c(OC(C)C(F)(F)F)ccc(S(C)(=O)=O)c1OC. The van der Waals surface area contributed by atoms with Crippen LogP contribution in [0.1, 0.15) is 17.3 Å². The number of carbonyl (C=O) groups is 1. The second-order valence-corrected chi connectivity index (χ2v) is 6.52. The van der Waals surface area contributed by atoms with E-state index in [0.29, 0.717) is 0 Å². The van der Waals surface area contributed by atoms with Gasteiger partial charge in [0.05, 0.1) is 14.2 Å². The third-order valence-corrected chi connectivity index (χ3v) is 3.96. The Hall–Kier alpha value is -1.97. The molecular weight excluding hydrogens is 341 g/mol. The predicted molar refractivity (Wildman–Crippen MR) is 73.6 cm³/mol. The van der Waals surface area contributed by atoms with Crippen LogP contribution in [0, 0.1) is 0 Å². The van der Waals surface area contributed by atoms with Crippen LogP contribution in [0.4, 0.5) is 13.2 Å². The molecular formula is C13H15F3O6S. The number of carbonyl (C=O) groups excluding carboxylic acids is 1. The van der Waals surface area contributed by atoms with Crippen molar-refractivity contribution >= 4 is 15.8 Å². The molecule has 0 radical (unpaired) electrons. The van der Waals surface area contributed by atoms with Gasteiger partial charge in [0.1, 0.15) is 16.2 Å². The van der Waals surface area contributed by atoms with Crippen LogP contribution in [0.5, 0.6) is 11.5 Å². The monoisotopic (exact) mass is 356 g/mol. The Kier molecular flexibility index (Phi) is 5.51. The van der Waals surface area contributed by atoms with Crippen LogP contribution >= 0.6 is 0 Å². The van der Waals surface area contributed by atoms with Crippen molar-refractivity contribution in [3.05, 3.63) is 17.7 Å². The van der Waals surface area contributed by atoms with Gasteiger partial charge in [0.25, 0.3) is 0 Å². The van der Waals surface area contributed by atoms with Gasteiger partial charge in [-0.25, -0.2) is 13.2 Å². The molecule has 0 heterocycles. The van der Waals surface area contributed by atoms with Crippen molar-refractivity contribution in [3.63, 3.8) is 0 Å². The molecule has 0 amide bonds. The molecule has 0 spiro atoms. The number of halogens is 3. The number of rotatable bonds is 5. The maximum Gasteiger partial charge on any atom is 0.425 e. The molecule has 1 unspecified atom stereocenters. The lowest BCUT2D eigenvalue weighted by molar-refractivity contribution is -0.189. The molecule has 6 nitrogen and oxygen atoms in total. The van der Waals surface area contributed by atoms with E-state index in [-0.39, 0.29) is 4.90 Å². The van der Waals surface area contributed by atoms with Gasteiger partial charge in [-0.3, -0.25) is 0 Å². The summed E-state index contributed by atoms with van der Waals surface area (Å²) < 4.78 is 75.4. The van der Waals surface area contributed by atoms with Crippen LogP contribution < -0.4 is 9.47 Å². The first-order valence-electron chi connectivity index (χ1n) is 6.16. The van der Waals surface area contributed by atoms with E-state index in [9.17, 15) is 26.4 Å². The minimum absolute atomic E-state index is 0.368. The van der Waals surface area contributed by atoms with E-state index < -0.39 is 45.1 Å². The van der Waals surface area contributed by atoms with Gasteiger partial charge in [0.2, 0.25) is 0 Å². The number of hydrogen-bond acceptors (Lipinski definition) is 6. The normalized spacial score (nSPS) is 13.3. The highest BCUT2D eigenvalue weighted by molar-refractivity contribution is 7.90. The molecule has 0 aliphatic rings. The fourth-order valence-electron chi connectivity index (χ4n) is 1.69. The largest absolute Gasteiger partial charge is 0.494 e. The third kappa shape index (κ3) is 4.27. The van der Waals surface area contributed by atoms with Gasteiger partial charge in [-0.15, -0.1) is 0 Å². The lowest BCUT2D eigenvalue weighted by atomic mass is 10.1. The van der Waals surface area contributed by atoms with E-state index in [0.717, 1.165) is 39.5 Å². The number of methoxy groups -OCH3 is 2. The summed E-state index contributed by atoms with van der Waals surface area (Å²) in [6.45, 7) is 0.748. The fraction of sp³-hybridized carbons (Fsp3) is 0.462. The molecule has 1 aromatic carbocycles. The molecule has 10 heteroatoms. The summed E-state index contributed by atoms with van der Waals surface area (Å²) in [5, 5.41) is 0. The van der Waals surface area contributed by atoms with Gasteiger partial charge in [0, 0.05) is 6.26 Å². The minimum Gasteiger partial charge on any atom is -0.494 e. The lowest BCUT2D eigenvalue weighted by Crippen LogP contribution is -2.31. The molecule has 0 fully saturated rings. The first-order chi connectivity index (χ1) is 10.4. The molecule has 0 saturated carbocycles. The number of hydrogen-bond donors (Lipinski definition) is 0. The summed E-state index contributed by atoms with van der Waals surface area (Å²) in [6, 6.07) is 1.95. The number of ether oxygens (including phenoxy) is 3. The summed E-state index contributed by atoms with van der Waals surface area (Å²) >= 11 is 0.